The number of benzene rings is 2. The molecule has 7 nitrogen and oxygen atoms in total. The van der Waals surface area contributed by atoms with Gasteiger partial charge in [0.05, 0.1) is 18.5 Å². The summed E-state index contributed by atoms with van der Waals surface area (Å²) < 4.78 is 12.4. The van der Waals surface area contributed by atoms with Gasteiger partial charge in [-0.25, -0.2) is 4.68 Å². The Bertz CT molecular complexity index is 1050. The van der Waals surface area contributed by atoms with Crippen LogP contribution in [0.3, 0.4) is 0 Å². The lowest BCUT2D eigenvalue weighted by atomic mass is 10.2. The molecule has 2 aromatic carbocycles. The standard InChI is InChI=1S/C20H19N5O2/c1-14-10-11-25(23-14)18-9-4-3-6-16(18)13-21-20-22-19(24-27-20)15-7-5-8-17(12-15)26-2/h3-12H,13H2,1-2H3,(H,21,22,24). The first-order chi connectivity index (χ1) is 13.2. The molecule has 0 fully saturated rings. The van der Waals surface area contributed by atoms with E-state index in [9.17, 15) is 0 Å². The van der Waals surface area contributed by atoms with Crippen molar-refractivity contribution in [2.45, 2.75) is 13.5 Å². The zero-order chi connectivity index (χ0) is 18.6. The average Bonchev–Trinajstić information content (AvgIpc) is 3.36. The number of anilines is 1. The van der Waals surface area contributed by atoms with E-state index in [1.54, 1.807) is 7.11 Å². The van der Waals surface area contributed by atoms with Crippen molar-refractivity contribution in [2.24, 2.45) is 0 Å². The van der Waals surface area contributed by atoms with Gasteiger partial charge in [-0.2, -0.15) is 10.1 Å². The minimum absolute atomic E-state index is 0.360. The lowest BCUT2D eigenvalue weighted by Crippen LogP contribution is -2.06. The lowest BCUT2D eigenvalue weighted by Gasteiger charge is -2.09. The highest BCUT2D eigenvalue weighted by atomic mass is 16.5. The van der Waals surface area contributed by atoms with Crippen LogP contribution in [0.5, 0.6) is 5.75 Å². The molecule has 0 unspecified atom stereocenters. The Morgan fingerprint density at radius 1 is 1.11 bits per heavy atom. The average molecular weight is 361 g/mol. The third kappa shape index (κ3) is 3.67. The number of methoxy groups -OCH3 is 1. The molecular formula is C20H19N5O2. The summed E-state index contributed by atoms with van der Waals surface area (Å²) in [6.07, 6.45) is 1.95. The molecule has 7 heteroatoms. The number of nitrogens with zero attached hydrogens (tertiary/aromatic N) is 4. The summed E-state index contributed by atoms with van der Waals surface area (Å²) in [5.74, 6) is 1.25. The van der Waals surface area contributed by atoms with Gasteiger partial charge in [-0.05, 0) is 36.8 Å². The molecule has 2 aromatic heterocycles. The zero-order valence-corrected chi connectivity index (χ0v) is 15.1. The van der Waals surface area contributed by atoms with Crippen LogP contribution >= 0.6 is 0 Å². The second kappa shape index (κ2) is 7.33. The quantitative estimate of drug-likeness (QED) is 0.562. The molecule has 0 bridgehead atoms. The lowest BCUT2D eigenvalue weighted by molar-refractivity contribution is 0.414. The molecule has 0 radical (unpaired) electrons. The highest BCUT2D eigenvalue weighted by molar-refractivity contribution is 5.58. The first-order valence-corrected chi connectivity index (χ1v) is 8.55. The molecule has 0 aliphatic heterocycles. The Kier molecular flexibility index (Phi) is 4.57. The summed E-state index contributed by atoms with van der Waals surface area (Å²) >= 11 is 0. The van der Waals surface area contributed by atoms with E-state index in [0.717, 1.165) is 28.3 Å². The van der Waals surface area contributed by atoms with Crippen LogP contribution in [0.25, 0.3) is 17.1 Å². The van der Waals surface area contributed by atoms with E-state index < -0.39 is 0 Å². The van der Waals surface area contributed by atoms with E-state index >= 15 is 0 Å². The van der Waals surface area contributed by atoms with Crippen LogP contribution in [0, 0.1) is 6.92 Å². The second-order valence-corrected chi connectivity index (χ2v) is 6.04. The van der Waals surface area contributed by atoms with Gasteiger partial charge in [0.15, 0.2) is 0 Å². The van der Waals surface area contributed by atoms with E-state index in [1.165, 1.54) is 0 Å². The fraction of sp³-hybridized carbons (Fsp3) is 0.150. The van der Waals surface area contributed by atoms with Gasteiger partial charge < -0.3 is 14.6 Å². The van der Waals surface area contributed by atoms with Crippen molar-refractivity contribution in [2.75, 3.05) is 12.4 Å². The largest absolute Gasteiger partial charge is 0.497 e. The summed E-state index contributed by atoms with van der Waals surface area (Å²) in [4.78, 5) is 4.41. The second-order valence-electron chi connectivity index (χ2n) is 6.04. The van der Waals surface area contributed by atoms with Crippen LogP contribution in [0.1, 0.15) is 11.3 Å². The molecule has 4 rings (SSSR count). The highest BCUT2D eigenvalue weighted by Gasteiger charge is 2.11. The van der Waals surface area contributed by atoms with Crippen LogP contribution in [0.4, 0.5) is 6.01 Å². The van der Waals surface area contributed by atoms with Gasteiger partial charge in [-0.3, -0.25) is 0 Å². The Balaban J connectivity index is 1.51. The van der Waals surface area contributed by atoms with Crippen molar-refractivity contribution in [3.63, 3.8) is 0 Å². The number of hydrogen-bond donors (Lipinski definition) is 1. The molecule has 27 heavy (non-hydrogen) atoms. The Labute approximate surface area is 156 Å². The monoisotopic (exact) mass is 361 g/mol. The molecule has 0 amide bonds. The molecule has 0 spiro atoms. The van der Waals surface area contributed by atoms with Crippen LogP contribution in [-0.4, -0.2) is 27.0 Å². The summed E-state index contributed by atoms with van der Waals surface area (Å²) in [6, 6.07) is 17.9. The van der Waals surface area contributed by atoms with Crippen molar-refractivity contribution >= 4 is 6.01 Å². The summed E-state index contributed by atoms with van der Waals surface area (Å²) in [5.41, 5.74) is 3.88. The van der Waals surface area contributed by atoms with E-state index in [4.69, 9.17) is 9.26 Å². The SMILES string of the molecule is COc1cccc(-c2noc(NCc3ccccc3-n3ccc(C)n3)n2)c1. The van der Waals surface area contributed by atoms with Crippen molar-refractivity contribution in [1.82, 2.24) is 19.9 Å². The van der Waals surface area contributed by atoms with Crippen LogP contribution in [0.2, 0.25) is 0 Å². The molecule has 0 aliphatic carbocycles. The van der Waals surface area contributed by atoms with Crippen LogP contribution in [-0.2, 0) is 6.54 Å². The summed E-state index contributed by atoms with van der Waals surface area (Å²) in [5, 5.41) is 11.7. The van der Waals surface area contributed by atoms with E-state index in [1.807, 2.05) is 72.4 Å². The van der Waals surface area contributed by atoms with E-state index in [-0.39, 0.29) is 0 Å². The Morgan fingerprint density at radius 3 is 2.81 bits per heavy atom. The molecule has 0 saturated heterocycles. The predicted octanol–water partition coefficient (Wildman–Crippen LogP) is 3.85. The van der Waals surface area contributed by atoms with Crippen LogP contribution < -0.4 is 10.1 Å². The van der Waals surface area contributed by atoms with Crippen molar-refractivity contribution in [3.05, 3.63) is 72.1 Å². The number of nitrogens with one attached hydrogen (secondary N) is 1. The van der Waals surface area contributed by atoms with E-state index in [2.05, 4.69) is 20.6 Å². The van der Waals surface area contributed by atoms with Gasteiger partial charge in [-0.15, -0.1) is 0 Å². The minimum Gasteiger partial charge on any atom is -0.497 e. The van der Waals surface area contributed by atoms with Gasteiger partial charge in [0.2, 0.25) is 5.82 Å². The van der Waals surface area contributed by atoms with Crippen LogP contribution in [0.15, 0.2) is 65.3 Å². The Hall–Kier alpha value is -3.61. The number of aryl methyl sites for hydroxylation is 1. The minimum atomic E-state index is 0.360. The Morgan fingerprint density at radius 2 is 2.00 bits per heavy atom. The number of para-hydroxylation sites is 1. The first kappa shape index (κ1) is 16.8. The van der Waals surface area contributed by atoms with Gasteiger partial charge >= 0.3 is 6.01 Å². The molecule has 0 saturated carbocycles. The molecule has 136 valence electrons. The van der Waals surface area contributed by atoms with Gasteiger partial charge in [-0.1, -0.05) is 35.5 Å². The van der Waals surface area contributed by atoms with Gasteiger partial charge in [0.25, 0.3) is 0 Å². The molecule has 0 atom stereocenters. The first-order valence-electron chi connectivity index (χ1n) is 8.55. The molecule has 4 aromatic rings. The molecule has 2 heterocycles. The maximum Gasteiger partial charge on any atom is 0.322 e. The third-order valence-corrected chi connectivity index (χ3v) is 4.14. The topological polar surface area (TPSA) is 78.0 Å². The zero-order valence-electron chi connectivity index (χ0n) is 15.1. The van der Waals surface area contributed by atoms with Crippen molar-refractivity contribution in [1.29, 1.82) is 0 Å². The van der Waals surface area contributed by atoms with Crippen molar-refractivity contribution in [3.8, 4) is 22.8 Å². The fourth-order valence-electron chi connectivity index (χ4n) is 2.78. The van der Waals surface area contributed by atoms with Gasteiger partial charge in [0.1, 0.15) is 5.75 Å². The molecule has 0 aliphatic rings. The van der Waals surface area contributed by atoms with E-state index in [0.29, 0.717) is 18.4 Å². The smallest absolute Gasteiger partial charge is 0.322 e. The number of hydrogen-bond acceptors (Lipinski definition) is 6. The third-order valence-electron chi connectivity index (χ3n) is 4.14. The number of rotatable bonds is 6. The number of aromatic nitrogens is 4. The fourth-order valence-corrected chi connectivity index (χ4v) is 2.78. The summed E-state index contributed by atoms with van der Waals surface area (Å²) in [6.45, 7) is 2.50. The highest BCUT2D eigenvalue weighted by Crippen LogP contribution is 2.23. The summed E-state index contributed by atoms with van der Waals surface area (Å²) in [7, 11) is 1.63. The van der Waals surface area contributed by atoms with Gasteiger partial charge in [0, 0.05) is 18.3 Å². The predicted molar refractivity (Wildman–Crippen MR) is 102 cm³/mol. The number of ether oxygens (including phenoxy) is 1. The van der Waals surface area contributed by atoms with Crippen molar-refractivity contribution < 1.29 is 9.26 Å². The maximum atomic E-state index is 5.33. The molecular weight excluding hydrogens is 342 g/mol. The normalized spacial score (nSPS) is 10.7. The molecule has 1 N–H and O–H groups in total. The maximum absolute atomic E-state index is 5.33.